The van der Waals surface area contributed by atoms with Crippen LogP contribution in [-0.4, -0.2) is 37.7 Å². The minimum absolute atomic E-state index is 0.570. The SMILES string of the molecule is Cc1cc(OCC(C)C)ccc1CN1CCNCC1. The highest BCUT2D eigenvalue weighted by molar-refractivity contribution is 5.34. The Labute approximate surface area is 116 Å². The van der Waals surface area contributed by atoms with Crippen molar-refractivity contribution in [3.05, 3.63) is 29.3 Å². The molecule has 0 spiro atoms. The van der Waals surface area contributed by atoms with Gasteiger partial charge >= 0.3 is 0 Å². The van der Waals surface area contributed by atoms with Gasteiger partial charge in [0.1, 0.15) is 5.75 Å². The average Bonchev–Trinajstić information content (AvgIpc) is 2.40. The third kappa shape index (κ3) is 4.51. The quantitative estimate of drug-likeness (QED) is 0.882. The summed E-state index contributed by atoms with van der Waals surface area (Å²) in [7, 11) is 0. The van der Waals surface area contributed by atoms with Crippen molar-refractivity contribution >= 4 is 0 Å². The summed E-state index contributed by atoms with van der Waals surface area (Å²) in [6, 6.07) is 6.49. The number of ether oxygens (including phenoxy) is 1. The standard InChI is InChI=1S/C16H26N2O/c1-13(2)12-19-16-5-4-15(14(3)10-16)11-18-8-6-17-7-9-18/h4-5,10,13,17H,6-9,11-12H2,1-3H3. The fraction of sp³-hybridized carbons (Fsp3) is 0.625. The lowest BCUT2D eigenvalue weighted by molar-refractivity contribution is 0.232. The average molecular weight is 262 g/mol. The smallest absolute Gasteiger partial charge is 0.119 e. The zero-order valence-corrected chi connectivity index (χ0v) is 12.4. The van der Waals surface area contributed by atoms with E-state index in [0.29, 0.717) is 5.92 Å². The molecule has 3 heteroatoms. The van der Waals surface area contributed by atoms with Crippen LogP contribution in [0.2, 0.25) is 0 Å². The molecule has 1 saturated heterocycles. The monoisotopic (exact) mass is 262 g/mol. The highest BCUT2D eigenvalue weighted by Gasteiger charge is 2.11. The van der Waals surface area contributed by atoms with E-state index in [1.807, 2.05) is 0 Å². The molecule has 0 radical (unpaired) electrons. The van der Waals surface area contributed by atoms with Gasteiger partial charge in [-0.3, -0.25) is 4.90 Å². The lowest BCUT2D eigenvalue weighted by Crippen LogP contribution is -2.42. The Morgan fingerprint density at radius 3 is 2.63 bits per heavy atom. The summed E-state index contributed by atoms with van der Waals surface area (Å²) in [5, 5.41) is 3.39. The van der Waals surface area contributed by atoms with Gasteiger partial charge in [-0.05, 0) is 36.1 Å². The molecule has 0 saturated carbocycles. The highest BCUT2D eigenvalue weighted by Crippen LogP contribution is 2.19. The van der Waals surface area contributed by atoms with Gasteiger partial charge in [0, 0.05) is 32.7 Å². The van der Waals surface area contributed by atoms with E-state index in [1.54, 1.807) is 0 Å². The molecule has 3 nitrogen and oxygen atoms in total. The lowest BCUT2D eigenvalue weighted by Gasteiger charge is -2.27. The normalized spacial score (nSPS) is 16.8. The molecule has 0 amide bonds. The van der Waals surface area contributed by atoms with Crippen LogP contribution in [0.3, 0.4) is 0 Å². The predicted octanol–water partition coefficient (Wildman–Crippen LogP) is 2.44. The largest absolute Gasteiger partial charge is 0.493 e. The van der Waals surface area contributed by atoms with Gasteiger partial charge in [0.15, 0.2) is 0 Å². The molecule has 0 bridgehead atoms. The summed E-state index contributed by atoms with van der Waals surface area (Å²) in [6.07, 6.45) is 0. The Kier molecular flexibility index (Phi) is 5.23. The second kappa shape index (κ2) is 6.92. The van der Waals surface area contributed by atoms with Gasteiger partial charge in [0.2, 0.25) is 0 Å². The molecule has 1 heterocycles. The number of rotatable bonds is 5. The van der Waals surface area contributed by atoms with Crippen molar-refractivity contribution < 1.29 is 4.74 Å². The minimum Gasteiger partial charge on any atom is -0.493 e. The van der Waals surface area contributed by atoms with Crippen molar-refractivity contribution in [1.82, 2.24) is 10.2 Å². The van der Waals surface area contributed by atoms with Crippen LogP contribution in [0, 0.1) is 12.8 Å². The lowest BCUT2D eigenvalue weighted by atomic mass is 10.1. The van der Waals surface area contributed by atoms with E-state index in [-0.39, 0.29) is 0 Å². The van der Waals surface area contributed by atoms with Crippen molar-refractivity contribution in [3.63, 3.8) is 0 Å². The van der Waals surface area contributed by atoms with Crippen molar-refractivity contribution in [3.8, 4) is 5.75 Å². The van der Waals surface area contributed by atoms with E-state index in [4.69, 9.17) is 4.74 Å². The first-order chi connectivity index (χ1) is 9.15. The zero-order valence-electron chi connectivity index (χ0n) is 12.4. The first kappa shape index (κ1) is 14.4. The molecule has 1 aromatic carbocycles. The van der Waals surface area contributed by atoms with Crippen molar-refractivity contribution in [1.29, 1.82) is 0 Å². The number of nitrogens with one attached hydrogen (secondary N) is 1. The highest BCUT2D eigenvalue weighted by atomic mass is 16.5. The molecule has 0 unspecified atom stereocenters. The second-order valence-corrected chi connectivity index (χ2v) is 5.82. The Morgan fingerprint density at radius 2 is 2.00 bits per heavy atom. The minimum atomic E-state index is 0.570. The van der Waals surface area contributed by atoms with Gasteiger partial charge in [0.05, 0.1) is 6.61 Å². The van der Waals surface area contributed by atoms with E-state index in [9.17, 15) is 0 Å². The Morgan fingerprint density at radius 1 is 1.26 bits per heavy atom. The van der Waals surface area contributed by atoms with Crippen LogP contribution in [0.4, 0.5) is 0 Å². The molecule has 0 aromatic heterocycles. The topological polar surface area (TPSA) is 24.5 Å². The fourth-order valence-corrected chi connectivity index (χ4v) is 2.31. The predicted molar refractivity (Wildman–Crippen MR) is 79.7 cm³/mol. The van der Waals surface area contributed by atoms with Crippen molar-refractivity contribution in [2.75, 3.05) is 32.8 Å². The van der Waals surface area contributed by atoms with Gasteiger partial charge in [-0.1, -0.05) is 19.9 Å². The van der Waals surface area contributed by atoms with Gasteiger partial charge in [-0.25, -0.2) is 0 Å². The molecule has 0 atom stereocenters. The molecule has 106 valence electrons. The van der Waals surface area contributed by atoms with Crippen LogP contribution >= 0.6 is 0 Å². The van der Waals surface area contributed by atoms with Gasteiger partial charge in [0.25, 0.3) is 0 Å². The first-order valence-electron chi connectivity index (χ1n) is 7.30. The molecule has 1 aliphatic heterocycles. The molecule has 1 aliphatic rings. The van der Waals surface area contributed by atoms with E-state index in [1.165, 1.54) is 11.1 Å². The van der Waals surface area contributed by atoms with Crippen LogP contribution in [0.5, 0.6) is 5.75 Å². The summed E-state index contributed by atoms with van der Waals surface area (Å²) < 4.78 is 5.77. The van der Waals surface area contributed by atoms with Crippen LogP contribution < -0.4 is 10.1 Å². The summed E-state index contributed by atoms with van der Waals surface area (Å²) in [6.45, 7) is 12.9. The molecule has 1 fully saturated rings. The molecule has 1 aromatic rings. The van der Waals surface area contributed by atoms with Gasteiger partial charge < -0.3 is 10.1 Å². The Hall–Kier alpha value is -1.06. The number of hydrogen-bond donors (Lipinski definition) is 1. The molecule has 2 rings (SSSR count). The first-order valence-corrected chi connectivity index (χ1v) is 7.30. The van der Waals surface area contributed by atoms with Gasteiger partial charge in [-0.2, -0.15) is 0 Å². The second-order valence-electron chi connectivity index (χ2n) is 5.82. The van der Waals surface area contributed by atoms with Crippen LogP contribution in [0.15, 0.2) is 18.2 Å². The summed E-state index contributed by atoms with van der Waals surface area (Å²) >= 11 is 0. The fourth-order valence-electron chi connectivity index (χ4n) is 2.31. The third-order valence-electron chi connectivity index (χ3n) is 3.50. The molecular formula is C16H26N2O. The molecule has 19 heavy (non-hydrogen) atoms. The molecular weight excluding hydrogens is 236 g/mol. The Bertz CT molecular complexity index is 398. The van der Waals surface area contributed by atoms with Crippen LogP contribution in [0.1, 0.15) is 25.0 Å². The van der Waals surface area contributed by atoms with Gasteiger partial charge in [-0.15, -0.1) is 0 Å². The molecule has 1 N–H and O–H groups in total. The zero-order chi connectivity index (χ0) is 13.7. The van der Waals surface area contributed by atoms with E-state index in [2.05, 4.69) is 49.2 Å². The molecule has 0 aliphatic carbocycles. The Balaban J connectivity index is 1.94. The maximum Gasteiger partial charge on any atom is 0.119 e. The van der Waals surface area contributed by atoms with E-state index < -0.39 is 0 Å². The van der Waals surface area contributed by atoms with E-state index >= 15 is 0 Å². The maximum absolute atomic E-state index is 5.77. The number of hydrogen-bond acceptors (Lipinski definition) is 3. The third-order valence-corrected chi connectivity index (χ3v) is 3.50. The van der Waals surface area contributed by atoms with Crippen LogP contribution in [-0.2, 0) is 6.54 Å². The number of benzene rings is 1. The summed E-state index contributed by atoms with van der Waals surface area (Å²) in [5.74, 6) is 1.57. The van der Waals surface area contributed by atoms with Crippen LogP contribution in [0.25, 0.3) is 0 Å². The number of piperazine rings is 1. The summed E-state index contributed by atoms with van der Waals surface area (Å²) in [4.78, 5) is 2.51. The van der Waals surface area contributed by atoms with E-state index in [0.717, 1.165) is 45.1 Å². The number of aryl methyl sites for hydroxylation is 1. The van der Waals surface area contributed by atoms with Crippen molar-refractivity contribution in [2.24, 2.45) is 5.92 Å². The number of nitrogens with zero attached hydrogens (tertiary/aromatic N) is 1. The van der Waals surface area contributed by atoms with Crippen molar-refractivity contribution in [2.45, 2.75) is 27.3 Å². The maximum atomic E-state index is 5.77. The summed E-state index contributed by atoms with van der Waals surface area (Å²) in [5.41, 5.74) is 2.75.